The molecule has 17 heavy (non-hydrogen) atoms. The van der Waals surface area contributed by atoms with E-state index in [1.54, 1.807) is 0 Å². The summed E-state index contributed by atoms with van der Waals surface area (Å²) in [6.45, 7) is 0. The molecule has 1 aliphatic rings. The van der Waals surface area contributed by atoms with Gasteiger partial charge in [-0.2, -0.15) is 0 Å². The standard InChI is InChI=1S/C13H14ClN3/c14-10-6-4-9(5-7-10)11-8-17-12(15)2-1-3-13(17)16-11/h4-8,12H,1-3,15H2. The van der Waals surface area contributed by atoms with Crippen molar-refractivity contribution in [1.82, 2.24) is 9.55 Å². The zero-order valence-corrected chi connectivity index (χ0v) is 10.2. The maximum atomic E-state index is 6.06. The minimum atomic E-state index is 0.0762. The first-order chi connectivity index (χ1) is 8.24. The summed E-state index contributed by atoms with van der Waals surface area (Å²) >= 11 is 5.88. The Morgan fingerprint density at radius 2 is 2.06 bits per heavy atom. The summed E-state index contributed by atoms with van der Waals surface area (Å²) in [5.74, 6) is 1.09. The highest BCUT2D eigenvalue weighted by Crippen LogP contribution is 2.26. The van der Waals surface area contributed by atoms with Crippen LogP contribution >= 0.6 is 11.6 Å². The fraction of sp³-hybridized carbons (Fsp3) is 0.308. The van der Waals surface area contributed by atoms with Crippen LogP contribution in [0.25, 0.3) is 11.3 Å². The van der Waals surface area contributed by atoms with Crippen molar-refractivity contribution in [3.05, 3.63) is 41.3 Å². The van der Waals surface area contributed by atoms with Gasteiger partial charge in [-0.3, -0.25) is 0 Å². The van der Waals surface area contributed by atoms with Gasteiger partial charge in [-0.1, -0.05) is 23.7 Å². The number of hydrogen-bond donors (Lipinski definition) is 1. The summed E-state index contributed by atoms with van der Waals surface area (Å²) in [4.78, 5) is 4.64. The van der Waals surface area contributed by atoms with Crippen LogP contribution in [0.4, 0.5) is 0 Å². The van der Waals surface area contributed by atoms with Crippen molar-refractivity contribution in [3.63, 3.8) is 0 Å². The topological polar surface area (TPSA) is 43.8 Å². The van der Waals surface area contributed by atoms with E-state index >= 15 is 0 Å². The first-order valence-corrected chi connectivity index (χ1v) is 6.21. The summed E-state index contributed by atoms with van der Waals surface area (Å²) in [6.07, 6.45) is 5.29. The van der Waals surface area contributed by atoms with Gasteiger partial charge in [0, 0.05) is 23.2 Å². The number of rotatable bonds is 1. The monoisotopic (exact) mass is 247 g/mol. The highest BCUT2D eigenvalue weighted by molar-refractivity contribution is 6.30. The van der Waals surface area contributed by atoms with E-state index in [-0.39, 0.29) is 6.17 Å². The van der Waals surface area contributed by atoms with Crippen molar-refractivity contribution >= 4 is 11.6 Å². The van der Waals surface area contributed by atoms with Crippen LogP contribution in [0.2, 0.25) is 5.02 Å². The van der Waals surface area contributed by atoms with Gasteiger partial charge >= 0.3 is 0 Å². The predicted molar refractivity (Wildman–Crippen MR) is 68.8 cm³/mol. The summed E-state index contributed by atoms with van der Waals surface area (Å²) < 4.78 is 2.09. The Bertz CT molecular complexity index is 530. The molecule has 2 heterocycles. The minimum absolute atomic E-state index is 0.0762. The average Bonchev–Trinajstić information content (AvgIpc) is 2.75. The number of benzene rings is 1. The van der Waals surface area contributed by atoms with Crippen molar-refractivity contribution in [1.29, 1.82) is 0 Å². The van der Waals surface area contributed by atoms with Gasteiger partial charge in [0.15, 0.2) is 0 Å². The molecule has 0 saturated heterocycles. The van der Waals surface area contributed by atoms with Gasteiger partial charge in [0.2, 0.25) is 0 Å². The van der Waals surface area contributed by atoms with E-state index in [0.717, 1.165) is 41.4 Å². The lowest BCUT2D eigenvalue weighted by Crippen LogP contribution is -2.24. The molecule has 3 rings (SSSR count). The van der Waals surface area contributed by atoms with Crippen LogP contribution < -0.4 is 5.73 Å². The van der Waals surface area contributed by atoms with Gasteiger partial charge in [-0.05, 0) is 25.0 Å². The van der Waals surface area contributed by atoms with Crippen molar-refractivity contribution in [2.45, 2.75) is 25.4 Å². The van der Waals surface area contributed by atoms with E-state index < -0.39 is 0 Å². The first kappa shape index (κ1) is 10.8. The van der Waals surface area contributed by atoms with Crippen LogP contribution in [0.1, 0.15) is 24.8 Å². The molecular formula is C13H14ClN3. The van der Waals surface area contributed by atoms with Crippen LogP contribution in [0.5, 0.6) is 0 Å². The minimum Gasteiger partial charge on any atom is -0.318 e. The SMILES string of the molecule is NC1CCCc2nc(-c3ccc(Cl)cc3)cn21. The van der Waals surface area contributed by atoms with Crippen LogP contribution in [0.3, 0.4) is 0 Å². The average molecular weight is 248 g/mol. The molecule has 0 spiro atoms. The molecule has 1 aromatic carbocycles. The Morgan fingerprint density at radius 1 is 1.29 bits per heavy atom. The molecule has 0 bridgehead atoms. The Hall–Kier alpha value is -1.32. The quantitative estimate of drug-likeness (QED) is 0.842. The van der Waals surface area contributed by atoms with E-state index in [9.17, 15) is 0 Å². The van der Waals surface area contributed by atoms with Gasteiger partial charge in [0.25, 0.3) is 0 Å². The van der Waals surface area contributed by atoms with Gasteiger partial charge in [-0.15, -0.1) is 0 Å². The van der Waals surface area contributed by atoms with Crippen LogP contribution in [0, 0.1) is 0 Å². The maximum absolute atomic E-state index is 6.06. The summed E-state index contributed by atoms with van der Waals surface area (Å²) in [5.41, 5.74) is 8.13. The molecule has 1 aliphatic heterocycles. The molecule has 0 fully saturated rings. The molecule has 88 valence electrons. The fourth-order valence-corrected chi connectivity index (χ4v) is 2.40. The van der Waals surface area contributed by atoms with Crippen molar-refractivity contribution in [2.75, 3.05) is 0 Å². The molecule has 1 aromatic heterocycles. The van der Waals surface area contributed by atoms with E-state index in [2.05, 4.69) is 9.55 Å². The fourth-order valence-electron chi connectivity index (χ4n) is 2.27. The largest absolute Gasteiger partial charge is 0.318 e. The normalized spacial score (nSPS) is 19.1. The highest BCUT2D eigenvalue weighted by atomic mass is 35.5. The Morgan fingerprint density at radius 3 is 2.76 bits per heavy atom. The van der Waals surface area contributed by atoms with Gasteiger partial charge < -0.3 is 10.3 Å². The lowest BCUT2D eigenvalue weighted by atomic mass is 10.1. The van der Waals surface area contributed by atoms with Gasteiger partial charge in [0.1, 0.15) is 5.82 Å². The molecule has 4 heteroatoms. The Kier molecular flexibility index (Phi) is 2.65. The van der Waals surface area contributed by atoms with Crippen LogP contribution in [0.15, 0.2) is 30.5 Å². The molecular weight excluding hydrogens is 234 g/mol. The third-order valence-corrected chi connectivity index (χ3v) is 3.46. The number of nitrogens with zero attached hydrogens (tertiary/aromatic N) is 2. The predicted octanol–water partition coefficient (Wildman–Crippen LogP) is 3.00. The van der Waals surface area contributed by atoms with E-state index in [0.29, 0.717) is 0 Å². The number of fused-ring (bicyclic) bond motifs is 1. The highest BCUT2D eigenvalue weighted by Gasteiger charge is 2.18. The van der Waals surface area contributed by atoms with Gasteiger partial charge in [-0.25, -0.2) is 4.98 Å². The molecule has 0 radical (unpaired) electrons. The Balaban J connectivity index is 2.02. The van der Waals surface area contributed by atoms with Crippen molar-refractivity contribution in [2.24, 2.45) is 5.73 Å². The first-order valence-electron chi connectivity index (χ1n) is 5.83. The summed E-state index contributed by atoms with van der Waals surface area (Å²) in [7, 11) is 0. The zero-order chi connectivity index (χ0) is 11.8. The maximum Gasteiger partial charge on any atom is 0.110 e. The van der Waals surface area contributed by atoms with Crippen molar-refractivity contribution < 1.29 is 0 Å². The summed E-state index contributed by atoms with van der Waals surface area (Å²) in [6, 6.07) is 7.74. The van der Waals surface area contributed by atoms with E-state index in [1.807, 2.05) is 30.5 Å². The number of aryl methyl sites for hydroxylation is 1. The number of aromatic nitrogens is 2. The van der Waals surface area contributed by atoms with E-state index in [1.165, 1.54) is 0 Å². The van der Waals surface area contributed by atoms with Gasteiger partial charge in [0.05, 0.1) is 11.9 Å². The second kappa shape index (κ2) is 4.17. The molecule has 3 nitrogen and oxygen atoms in total. The number of nitrogens with two attached hydrogens (primary N) is 1. The molecule has 2 N–H and O–H groups in total. The van der Waals surface area contributed by atoms with E-state index in [4.69, 9.17) is 17.3 Å². The molecule has 0 amide bonds. The molecule has 0 aliphatic carbocycles. The second-order valence-electron chi connectivity index (χ2n) is 4.42. The lowest BCUT2D eigenvalue weighted by molar-refractivity contribution is 0.408. The smallest absolute Gasteiger partial charge is 0.110 e. The molecule has 1 unspecified atom stereocenters. The molecule has 2 aromatic rings. The summed E-state index contributed by atoms with van der Waals surface area (Å²) in [5, 5.41) is 0.745. The third-order valence-electron chi connectivity index (χ3n) is 3.21. The molecule has 0 saturated carbocycles. The number of hydrogen-bond acceptors (Lipinski definition) is 2. The zero-order valence-electron chi connectivity index (χ0n) is 9.44. The third kappa shape index (κ3) is 1.96. The van der Waals surface area contributed by atoms with Crippen LogP contribution in [-0.4, -0.2) is 9.55 Å². The van der Waals surface area contributed by atoms with Crippen molar-refractivity contribution in [3.8, 4) is 11.3 Å². The number of imidazole rings is 1. The number of halogens is 1. The molecule has 1 atom stereocenters. The second-order valence-corrected chi connectivity index (χ2v) is 4.85. The van der Waals surface area contributed by atoms with Crippen LogP contribution in [-0.2, 0) is 6.42 Å². The Labute approximate surface area is 105 Å². The lowest BCUT2D eigenvalue weighted by Gasteiger charge is -2.20.